The maximum atomic E-state index is 11.3. The fraction of sp³-hybridized carbons (Fsp3) is 0.273. The number of primary amides is 1. The molecule has 1 amide bonds. The number of nitrogens with two attached hydrogens (primary N) is 1. The molecule has 2 heterocycles. The second-order valence-corrected chi connectivity index (χ2v) is 5.15. The zero-order chi connectivity index (χ0) is 12.0. The highest BCUT2D eigenvalue weighted by Gasteiger charge is 2.26. The van der Waals surface area contributed by atoms with E-state index in [1.807, 2.05) is 6.07 Å². The van der Waals surface area contributed by atoms with Crippen LogP contribution in [0.5, 0.6) is 0 Å². The molecule has 0 aromatic carbocycles. The van der Waals surface area contributed by atoms with E-state index in [1.165, 1.54) is 12.8 Å². The maximum Gasteiger partial charge on any atom is 0.265 e. The number of nitrogens with zero attached hydrogens (tertiary/aromatic N) is 2. The van der Waals surface area contributed by atoms with Crippen LogP contribution in [0.4, 0.5) is 0 Å². The minimum atomic E-state index is -0.466. The van der Waals surface area contributed by atoms with Gasteiger partial charge in [0.25, 0.3) is 5.91 Å². The van der Waals surface area contributed by atoms with Gasteiger partial charge in [-0.2, -0.15) is 5.10 Å². The molecule has 2 aromatic rings. The second kappa shape index (κ2) is 3.73. The van der Waals surface area contributed by atoms with Gasteiger partial charge in [-0.3, -0.25) is 14.5 Å². The van der Waals surface area contributed by atoms with E-state index in [-0.39, 0.29) is 0 Å². The molecule has 6 heteroatoms. The predicted octanol–water partition coefficient (Wildman–Crippen LogP) is 1.94. The van der Waals surface area contributed by atoms with Crippen LogP contribution in [0.2, 0.25) is 0 Å². The number of hydrogen-bond donors (Lipinski definition) is 2. The fourth-order valence-electron chi connectivity index (χ4n) is 1.86. The van der Waals surface area contributed by atoms with Crippen molar-refractivity contribution in [2.75, 3.05) is 0 Å². The Hall–Kier alpha value is -1.56. The molecule has 0 radical (unpaired) electrons. The number of aromatic nitrogens is 3. The van der Waals surface area contributed by atoms with Gasteiger partial charge in [0.05, 0.1) is 0 Å². The first-order valence-electron chi connectivity index (χ1n) is 5.38. The van der Waals surface area contributed by atoms with Crippen molar-refractivity contribution in [2.45, 2.75) is 18.8 Å². The summed E-state index contributed by atoms with van der Waals surface area (Å²) in [5.74, 6) is 0.838. The number of carbonyl (C=O) groups excluding carboxylic acids is 1. The van der Waals surface area contributed by atoms with E-state index in [9.17, 15) is 4.79 Å². The smallest absolute Gasteiger partial charge is 0.265 e. The molecule has 3 N–H and O–H groups in total. The lowest BCUT2D eigenvalue weighted by atomic mass is 10.3. The van der Waals surface area contributed by atoms with Crippen LogP contribution in [0.25, 0.3) is 5.82 Å². The minimum Gasteiger partial charge on any atom is -0.364 e. The first kappa shape index (κ1) is 10.6. The van der Waals surface area contributed by atoms with Crippen LogP contribution >= 0.6 is 15.9 Å². The van der Waals surface area contributed by atoms with Crippen molar-refractivity contribution in [1.29, 1.82) is 0 Å². The molecule has 0 aliphatic heterocycles. The van der Waals surface area contributed by atoms with Gasteiger partial charge in [-0.05, 0) is 34.8 Å². The molecule has 1 fully saturated rings. The van der Waals surface area contributed by atoms with Gasteiger partial charge in [-0.25, -0.2) is 0 Å². The summed E-state index contributed by atoms with van der Waals surface area (Å²) in [6, 6.07) is 3.66. The van der Waals surface area contributed by atoms with Gasteiger partial charge in [-0.1, -0.05) is 0 Å². The standard InChI is InChI=1S/C11H11BrN4O/c12-7-3-9(11(13)17)16(5-7)10-4-8(14-15-10)6-1-2-6/h3-6H,1-2H2,(H2,13,17)(H,14,15). The molecule has 0 unspecified atom stereocenters. The van der Waals surface area contributed by atoms with E-state index in [0.717, 1.165) is 10.2 Å². The van der Waals surface area contributed by atoms with E-state index in [2.05, 4.69) is 26.1 Å². The first-order chi connectivity index (χ1) is 8.15. The Bertz CT molecular complexity index is 582. The van der Waals surface area contributed by atoms with Crippen LogP contribution in [-0.2, 0) is 0 Å². The van der Waals surface area contributed by atoms with Crippen molar-refractivity contribution in [2.24, 2.45) is 5.73 Å². The summed E-state index contributed by atoms with van der Waals surface area (Å²) in [6.45, 7) is 0. The number of H-pyrrole nitrogens is 1. The third-order valence-corrected chi connectivity index (χ3v) is 3.32. The molecule has 88 valence electrons. The molecule has 0 atom stereocenters. The van der Waals surface area contributed by atoms with E-state index < -0.39 is 5.91 Å². The van der Waals surface area contributed by atoms with Gasteiger partial charge in [0.2, 0.25) is 0 Å². The van der Waals surface area contributed by atoms with Crippen molar-refractivity contribution < 1.29 is 4.79 Å². The third-order valence-electron chi connectivity index (χ3n) is 2.89. The van der Waals surface area contributed by atoms with Gasteiger partial charge in [-0.15, -0.1) is 0 Å². The Labute approximate surface area is 106 Å². The number of nitrogens with one attached hydrogen (secondary N) is 1. The van der Waals surface area contributed by atoms with Gasteiger partial charge in [0.15, 0.2) is 5.82 Å². The van der Waals surface area contributed by atoms with Crippen LogP contribution in [0.1, 0.15) is 34.9 Å². The van der Waals surface area contributed by atoms with E-state index in [0.29, 0.717) is 17.4 Å². The lowest BCUT2D eigenvalue weighted by Gasteiger charge is -2.00. The molecule has 0 spiro atoms. The molecule has 1 aliphatic rings. The molecule has 3 rings (SSSR count). The van der Waals surface area contributed by atoms with Crippen molar-refractivity contribution in [3.05, 3.63) is 34.2 Å². The topological polar surface area (TPSA) is 76.7 Å². The highest BCUT2D eigenvalue weighted by molar-refractivity contribution is 9.10. The van der Waals surface area contributed by atoms with Crippen molar-refractivity contribution in [3.63, 3.8) is 0 Å². The third kappa shape index (κ3) is 1.88. The van der Waals surface area contributed by atoms with Crippen molar-refractivity contribution in [3.8, 4) is 5.82 Å². The zero-order valence-corrected chi connectivity index (χ0v) is 10.6. The summed E-state index contributed by atoms with van der Waals surface area (Å²) in [4.78, 5) is 11.3. The number of amides is 1. The van der Waals surface area contributed by atoms with Crippen LogP contribution in [0, 0.1) is 0 Å². The average Bonchev–Trinajstić information content (AvgIpc) is 2.88. The van der Waals surface area contributed by atoms with Crippen LogP contribution in [0.15, 0.2) is 22.8 Å². The van der Waals surface area contributed by atoms with E-state index in [4.69, 9.17) is 5.73 Å². The largest absolute Gasteiger partial charge is 0.364 e. The van der Waals surface area contributed by atoms with E-state index in [1.54, 1.807) is 16.8 Å². The molecule has 0 saturated heterocycles. The quantitative estimate of drug-likeness (QED) is 0.907. The summed E-state index contributed by atoms with van der Waals surface area (Å²) in [5.41, 5.74) is 6.87. The number of hydrogen-bond acceptors (Lipinski definition) is 2. The van der Waals surface area contributed by atoms with Gasteiger partial charge >= 0.3 is 0 Å². The Balaban J connectivity index is 2.03. The van der Waals surface area contributed by atoms with Crippen LogP contribution < -0.4 is 5.73 Å². The van der Waals surface area contributed by atoms with Gasteiger partial charge < -0.3 is 5.73 Å². The summed E-state index contributed by atoms with van der Waals surface area (Å²) in [5, 5.41) is 7.22. The van der Waals surface area contributed by atoms with E-state index >= 15 is 0 Å². The summed E-state index contributed by atoms with van der Waals surface area (Å²) in [7, 11) is 0. The molecular formula is C11H11BrN4O. The first-order valence-corrected chi connectivity index (χ1v) is 6.18. The second-order valence-electron chi connectivity index (χ2n) is 4.23. The lowest BCUT2D eigenvalue weighted by molar-refractivity contribution is 0.0994. The van der Waals surface area contributed by atoms with Gasteiger partial charge in [0.1, 0.15) is 5.69 Å². The van der Waals surface area contributed by atoms with Crippen molar-refractivity contribution in [1.82, 2.24) is 14.8 Å². The molecule has 1 aliphatic carbocycles. The van der Waals surface area contributed by atoms with Crippen molar-refractivity contribution >= 4 is 21.8 Å². The normalized spacial score (nSPS) is 15.1. The average molecular weight is 295 g/mol. The monoisotopic (exact) mass is 294 g/mol. The highest BCUT2D eigenvalue weighted by atomic mass is 79.9. The summed E-state index contributed by atoms with van der Waals surface area (Å²) in [6.07, 6.45) is 4.20. The molecule has 2 aromatic heterocycles. The molecule has 1 saturated carbocycles. The number of rotatable bonds is 3. The minimum absolute atomic E-state index is 0.422. The maximum absolute atomic E-state index is 11.3. The molecule has 17 heavy (non-hydrogen) atoms. The lowest BCUT2D eigenvalue weighted by Crippen LogP contribution is -2.15. The number of halogens is 1. The van der Waals surface area contributed by atoms with Crippen LogP contribution in [-0.4, -0.2) is 20.7 Å². The zero-order valence-electron chi connectivity index (χ0n) is 8.98. The SMILES string of the molecule is NC(=O)c1cc(Br)cn1-c1cc(C2CC2)[nH]n1. The fourth-order valence-corrected chi connectivity index (χ4v) is 2.28. The van der Waals surface area contributed by atoms with Crippen LogP contribution in [0.3, 0.4) is 0 Å². The Kier molecular flexibility index (Phi) is 2.32. The Morgan fingerprint density at radius 3 is 2.94 bits per heavy atom. The summed E-state index contributed by atoms with van der Waals surface area (Å²) >= 11 is 3.33. The molecular weight excluding hydrogens is 284 g/mol. The Morgan fingerprint density at radius 1 is 1.53 bits per heavy atom. The molecule has 0 bridgehead atoms. The number of carbonyl (C=O) groups is 1. The molecule has 5 nitrogen and oxygen atoms in total. The highest BCUT2D eigenvalue weighted by Crippen LogP contribution is 2.39. The number of aromatic amines is 1. The van der Waals surface area contributed by atoms with Gasteiger partial charge in [0, 0.05) is 28.3 Å². The Morgan fingerprint density at radius 2 is 2.29 bits per heavy atom. The predicted molar refractivity (Wildman–Crippen MR) is 66.1 cm³/mol. The summed E-state index contributed by atoms with van der Waals surface area (Å²) < 4.78 is 2.50.